The van der Waals surface area contributed by atoms with Crippen molar-refractivity contribution >= 4 is 29.4 Å². The van der Waals surface area contributed by atoms with Gasteiger partial charge in [-0.1, -0.05) is 17.4 Å². The Balaban J connectivity index is 1.97. The molecule has 11 heteroatoms. The van der Waals surface area contributed by atoms with E-state index < -0.39 is 18.0 Å². The normalized spacial score (nSPS) is 14.8. The first-order valence-electron chi connectivity index (χ1n) is 12.0. The number of rotatable bonds is 8. The van der Waals surface area contributed by atoms with Crippen molar-refractivity contribution in [3.63, 3.8) is 0 Å². The van der Waals surface area contributed by atoms with Crippen molar-refractivity contribution in [2.75, 3.05) is 27.9 Å². The number of benzene rings is 2. The molecular weight excluding hydrogens is 524 g/mol. The minimum absolute atomic E-state index is 0.150. The van der Waals surface area contributed by atoms with Crippen LogP contribution in [0.3, 0.4) is 0 Å². The molecule has 2 heterocycles. The Bertz CT molecular complexity index is 1650. The molecule has 4 rings (SSSR count). The predicted molar refractivity (Wildman–Crippen MR) is 144 cm³/mol. The molecule has 1 aliphatic rings. The fourth-order valence-electron chi connectivity index (χ4n) is 4.29. The zero-order valence-electron chi connectivity index (χ0n) is 22.4. The molecular formula is C28H28N2O8S. The first kappa shape index (κ1) is 27.6. The number of nitrogens with zero attached hydrogens (tertiary/aromatic N) is 2. The Labute approximate surface area is 228 Å². The summed E-state index contributed by atoms with van der Waals surface area (Å²) in [6.07, 6.45) is 1.70. The highest BCUT2D eigenvalue weighted by Gasteiger charge is 2.34. The van der Waals surface area contributed by atoms with Crippen LogP contribution in [-0.4, -0.2) is 44.4 Å². The van der Waals surface area contributed by atoms with Crippen LogP contribution in [0.25, 0.3) is 6.08 Å². The highest BCUT2D eigenvalue weighted by atomic mass is 32.1. The van der Waals surface area contributed by atoms with Crippen molar-refractivity contribution < 1.29 is 33.3 Å². The molecule has 10 nitrogen and oxygen atoms in total. The quantitative estimate of drug-likeness (QED) is 0.310. The SMILES string of the molecule is CCOC(=O)C1=C(C)N=c2s/c(=C/c3cc(OC)ccc3OC)c(=O)n2C1c1ccc(OC(C)=O)c(OC)c1. The van der Waals surface area contributed by atoms with Gasteiger partial charge in [-0.3, -0.25) is 14.2 Å². The number of hydrogen-bond donors (Lipinski definition) is 0. The van der Waals surface area contributed by atoms with Crippen LogP contribution in [0.4, 0.5) is 0 Å². The zero-order valence-corrected chi connectivity index (χ0v) is 23.2. The van der Waals surface area contributed by atoms with Crippen molar-refractivity contribution in [2.45, 2.75) is 26.8 Å². The standard InChI is InChI=1S/C28H28N2O8S/c1-7-37-27(33)24-15(2)29-28-30(25(24)17-8-10-21(38-16(3)31)22(13-17)36-6)26(32)23(39-28)14-18-12-19(34-4)9-11-20(18)35-5/h8-14,25H,7H2,1-6H3/b23-14+. The van der Waals surface area contributed by atoms with E-state index in [9.17, 15) is 14.4 Å². The first-order valence-corrected chi connectivity index (χ1v) is 12.8. The number of aromatic nitrogens is 1. The third kappa shape index (κ3) is 5.44. The summed E-state index contributed by atoms with van der Waals surface area (Å²) in [5, 5.41) is 0. The lowest BCUT2D eigenvalue weighted by molar-refractivity contribution is -0.139. The van der Waals surface area contributed by atoms with Crippen molar-refractivity contribution in [2.24, 2.45) is 4.99 Å². The summed E-state index contributed by atoms with van der Waals surface area (Å²) in [4.78, 5) is 43.6. The van der Waals surface area contributed by atoms with Gasteiger partial charge in [-0.15, -0.1) is 0 Å². The maximum Gasteiger partial charge on any atom is 0.338 e. The van der Waals surface area contributed by atoms with E-state index in [1.54, 1.807) is 70.5 Å². The van der Waals surface area contributed by atoms with Gasteiger partial charge >= 0.3 is 11.9 Å². The molecule has 3 aromatic rings. The molecule has 39 heavy (non-hydrogen) atoms. The van der Waals surface area contributed by atoms with Gasteiger partial charge in [0.2, 0.25) is 0 Å². The van der Waals surface area contributed by atoms with E-state index >= 15 is 0 Å². The molecule has 1 atom stereocenters. The molecule has 204 valence electrons. The molecule has 0 radical (unpaired) electrons. The Morgan fingerprint density at radius 2 is 1.74 bits per heavy atom. The first-order chi connectivity index (χ1) is 18.7. The number of methoxy groups -OCH3 is 3. The van der Waals surface area contributed by atoms with Crippen LogP contribution >= 0.6 is 11.3 Å². The molecule has 1 aliphatic heterocycles. The second kappa shape index (κ2) is 11.6. The number of allylic oxidation sites excluding steroid dienone is 1. The number of hydrogen-bond acceptors (Lipinski definition) is 10. The Morgan fingerprint density at radius 3 is 2.38 bits per heavy atom. The van der Waals surface area contributed by atoms with Crippen LogP contribution < -0.4 is 33.8 Å². The predicted octanol–water partition coefficient (Wildman–Crippen LogP) is 2.75. The molecule has 1 aromatic heterocycles. The molecule has 0 aliphatic carbocycles. The fourth-order valence-corrected chi connectivity index (χ4v) is 5.33. The van der Waals surface area contributed by atoms with Gasteiger partial charge in [0, 0.05) is 12.5 Å². The summed E-state index contributed by atoms with van der Waals surface area (Å²) >= 11 is 1.19. The lowest BCUT2D eigenvalue weighted by Gasteiger charge is -2.25. The molecule has 0 saturated carbocycles. The maximum absolute atomic E-state index is 13.9. The molecule has 0 fully saturated rings. The number of ether oxygens (including phenoxy) is 5. The Kier molecular flexibility index (Phi) is 8.20. The van der Waals surface area contributed by atoms with Crippen molar-refractivity contribution in [1.29, 1.82) is 0 Å². The molecule has 2 aromatic carbocycles. The average molecular weight is 553 g/mol. The van der Waals surface area contributed by atoms with Gasteiger partial charge in [-0.05, 0) is 55.8 Å². The highest BCUT2D eigenvalue weighted by molar-refractivity contribution is 7.07. The summed E-state index contributed by atoms with van der Waals surface area (Å²) in [6.45, 7) is 4.84. The largest absolute Gasteiger partial charge is 0.497 e. The Morgan fingerprint density at radius 1 is 1.03 bits per heavy atom. The van der Waals surface area contributed by atoms with E-state index in [1.165, 1.54) is 29.9 Å². The lowest BCUT2D eigenvalue weighted by Crippen LogP contribution is -2.40. The summed E-state index contributed by atoms with van der Waals surface area (Å²) in [6, 6.07) is 9.28. The van der Waals surface area contributed by atoms with Crippen LogP contribution in [0.15, 0.2) is 57.5 Å². The van der Waals surface area contributed by atoms with Crippen LogP contribution in [0.2, 0.25) is 0 Å². The summed E-state index contributed by atoms with van der Waals surface area (Å²) in [7, 11) is 4.54. The number of carbonyl (C=O) groups is 2. The number of carbonyl (C=O) groups excluding carboxylic acids is 2. The van der Waals surface area contributed by atoms with Crippen LogP contribution in [-0.2, 0) is 14.3 Å². The van der Waals surface area contributed by atoms with E-state index in [0.29, 0.717) is 37.7 Å². The topological polar surface area (TPSA) is 115 Å². The van der Waals surface area contributed by atoms with E-state index in [4.69, 9.17) is 23.7 Å². The second-order valence-corrected chi connectivity index (χ2v) is 9.42. The van der Waals surface area contributed by atoms with Crippen LogP contribution in [0.5, 0.6) is 23.0 Å². The minimum atomic E-state index is -0.866. The summed E-state index contributed by atoms with van der Waals surface area (Å²) in [5.74, 6) is 0.550. The van der Waals surface area contributed by atoms with Gasteiger partial charge < -0.3 is 23.7 Å². The fraction of sp³-hybridized carbons (Fsp3) is 0.286. The maximum atomic E-state index is 13.9. The van der Waals surface area contributed by atoms with Gasteiger partial charge in [-0.2, -0.15) is 0 Å². The summed E-state index contributed by atoms with van der Waals surface area (Å²) in [5.41, 5.74) is 1.48. The zero-order chi connectivity index (χ0) is 28.3. The van der Waals surface area contributed by atoms with Gasteiger partial charge in [0.05, 0.1) is 49.8 Å². The van der Waals surface area contributed by atoms with Crippen LogP contribution in [0.1, 0.15) is 37.9 Å². The molecule has 0 amide bonds. The van der Waals surface area contributed by atoms with Crippen molar-refractivity contribution in [3.05, 3.63) is 78.5 Å². The second-order valence-electron chi connectivity index (χ2n) is 8.41. The van der Waals surface area contributed by atoms with E-state index in [1.807, 2.05) is 0 Å². The van der Waals surface area contributed by atoms with Gasteiger partial charge in [0.15, 0.2) is 16.3 Å². The van der Waals surface area contributed by atoms with Crippen LogP contribution in [0, 0.1) is 0 Å². The summed E-state index contributed by atoms with van der Waals surface area (Å²) < 4.78 is 28.7. The Hall–Kier alpha value is -4.38. The average Bonchev–Trinajstić information content (AvgIpc) is 3.21. The van der Waals surface area contributed by atoms with E-state index in [-0.39, 0.29) is 29.2 Å². The number of esters is 2. The minimum Gasteiger partial charge on any atom is -0.497 e. The van der Waals surface area contributed by atoms with Gasteiger partial charge in [-0.25, -0.2) is 9.79 Å². The molecule has 0 bridgehead atoms. The van der Waals surface area contributed by atoms with Crippen molar-refractivity contribution in [3.8, 4) is 23.0 Å². The number of thiazole rings is 1. The van der Waals surface area contributed by atoms with Gasteiger partial charge in [0.25, 0.3) is 5.56 Å². The lowest BCUT2D eigenvalue weighted by atomic mass is 9.95. The smallest absolute Gasteiger partial charge is 0.338 e. The van der Waals surface area contributed by atoms with E-state index in [0.717, 1.165) is 0 Å². The third-order valence-corrected chi connectivity index (χ3v) is 6.98. The van der Waals surface area contributed by atoms with Gasteiger partial charge in [0.1, 0.15) is 11.5 Å². The molecule has 0 saturated heterocycles. The molecule has 0 N–H and O–H groups in total. The highest BCUT2D eigenvalue weighted by Crippen LogP contribution is 2.36. The van der Waals surface area contributed by atoms with E-state index in [2.05, 4.69) is 4.99 Å². The third-order valence-electron chi connectivity index (χ3n) is 6.00. The monoisotopic (exact) mass is 552 g/mol. The van der Waals surface area contributed by atoms with Crippen molar-refractivity contribution in [1.82, 2.24) is 4.57 Å². The molecule has 0 spiro atoms. The number of fused-ring (bicyclic) bond motifs is 1. The molecule has 1 unspecified atom stereocenters.